The van der Waals surface area contributed by atoms with Crippen molar-refractivity contribution in [1.82, 2.24) is 0 Å². The first-order valence-corrected chi connectivity index (χ1v) is 3.26. The Morgan fingerprint density at radius 1 is 1.62 bits per heavy atom. The van der Waals surface area contributed by atoms with Gasteiger partial charge in [0.25, 0.3) is 0 Å². The van der Waals surface area contributed by atoms with Crippen LogP contribution in [0.15, 0.2) is 0 Å². The van der Waals surface area contributed by atoms with Crippen LogP contribution in [-0.2, 0) is 4.79 Å². The Labute approximate surface area is 51.1 Å². The Balaban J connectivity index is 2.98. The van der Waals surface area contributed by atoms with E-state index in [2.05, 4.69) is 6.92 Å². The van der Waals surface area contributed by atoms with Crippen molar-refractivity contribution >= 4 is 6.29 Å². The average molecular weight is 114 g/mol. The topological polar surface area (TPSA) is 17.1 Å². The highest BCUT2D eigenvalue weighted by atomic mass is 16.1. The monoisotopic (exact) mass is 114 g/mol. The van der Waals surface area contributed by atoms with Crippen molar-refractivity contribution < 1.29 is 4.79 Å². The molecule has 0 spiro atoms. The van der Waals surface area contributed by atoms with E-state index in [9.17, 15) is 4.79 Å². The van der Waals surface area contributed by atoms with Crippen molar-refractivity contribution in [1.29, 1.82) is 0 Å². The highest BCUT2D eigenvalue weighted by molar-refractivity contribution is 5.52. The van der Waals surface area contributed by atoms with Gasteiger partial charge >= 0.3 is 0 Å². The van der Waals surface area contributed by atoms with E-state index in [4.69, 9.17) is 0 Å². The van der Waals surface area contributed by atoms with Gasteiger partial charge in [0.15, 0.2) is 0 Å². The second-order valence-corrected chi connectivity index (χ2v) is 2.26. The molecule has 0 saturated heterocycles. The minimum atomic E-state index is 0.273. The molecule has 0 radical (unpaired) electrons. The van der Waals surface area contributed by atoms with Gasteiger partial charge in [0, 0.05) is 5.92 Å². The van der Waals surface area contributed by atoms with Gasteiger partial charge in [-0.05, 0) is 6.42 Å². The van der Waals surface area contributed by atoms with Crippen LogP contribution in [0.3, 0.4) is 0 Å². The summed E-state index contributed by atoms with van der Waals surface area (Å²) in [4.78, 5) is 10.0. The Morgan fingerprint density at radius 3 is 2.62 bits per heavy atom. The first kappa shape index (κ1) is 7.67. The average Bonchev–Trinajstić information content (AvgIpc) is 1.83. The summed E-state index contributed by atoms with van der Waals surface area (Å²) >= 11 is 0. The summed E-state index contributed by atoms with van der Waals surface area (Å²) in [6.45, 7) is 4.10. The molecule has 0 bridgehead atoms. The van der Waals surface area contributed by atoms with Crippen LogP contribution in [-0.4, -0.2) is 6.29 Å². The summed E-state index contributed by atoms with van der Waals surface area (Å²) in [7, 11) is 0. The molecule has 0 N–H and O–H groups in total. The van der Waals surface area contributed by atoms with Gasteiger partial charge in [0.05, 0.1) is 0 Å². The molecule has 0 aliphatic heterocycles. The van der Waals surface area contributed by atoms with Crippen molar-refractivity contribution in [2.75, 3.05) is 0 Å². The van der Waals surface area contributed by atoms with Crippen LogP contribution < -0.4 is 0 Å². The van der Waals surface area contributed by atoms with E-state index in [1.54, 1.807) is 0 Å². The third-order valence-electron chi connectivity index (χ3n) is 1.25. The maximum Gasteiger partial charge on any atom is 0.122 e. The molecule has 1 heteroatoms. The van der Waals surface area contributed by atoms with Crippen LogP contribution in [0.2, 0.25) is 0 Å². The van der Waals surface area contributed by atoms with Crippen molar-refractivity contribution in [3.8, 4) is 0 Å². The lowest BCUT2D eigenvalue weighted by molar-refractivity contribution is -0.110. The van der Waals surface area contributed by atoms with E-state index in [-0.39, 0.29) is 5.92 Å². The summed E-state index contributed by atoms with van der Waals surface area (Å²) in [6.07, 6.45) is 4.45. The summed E-state index contributed by atoms with van der Waals surface area (Å²) in [5, 5.41) is 0. The number of carbonyl (C=O) groups is 1. The Kier molecular flexibility index (Phi) is 4.62. The molecule has 0 aromatic rings. The number of hydrogen-bond acceptors (Lipinski definition) is 1. The second kappa shape index (κ2) is 4.82. The standard InChI is InChI=1S/C7H14O/c1-3-4-5-7(2)6-8/h6-7H,3-5H2,1-2H3/t7-/m0/s1. The van der Waals surface area contributed by atoms with Gasteiger partial charge in [-0.3, -0.25) is 0 Å². The molecule has 0 fully saturated rings. The van der Waals surface area contributed by atoms with Gasteiger partial charge < -0.3 is 4.79 Å². The Bertz CT molecular complexity index is 59.4. The molecular formula is C7H14O. The minimum Gasteiger partial charge on any atom is -0.303 e. The van der Waals surface area contributed by atoms with E-state index >= 15 is 0 Å². The van der Waals surface area contributed by atoms with Gasteiger partial charge in [-0.2, -0.15) is 0 Å². The molecule has 0 unspecified atom stereocenters. The lowest BCUT2D eigenvalue weighted by atomic mass is 10.1. The summed E-state index contributed by atoms with van der Waals surface area (Å²) in [6, 6.07) is 0. The molecule has 0 aliphatic rings. The lowest BCUT2D eigenvalue weighted by Crippen LogP contribution is -1.93. The molecule has 0 amide bonds. The van der Waals surface area contributed by atoms with E-state index < -0.39 is 0 Å². The number of carbonyl (C=O) groups excluding carboxylic acids is 1. The zero-order chi connectivity index (χ0) is 6.41. The molecular weight excluding hydrogens is 100 g/mol. The molecule has 48 valence electrons. The second-order valence-electron chi connectivity index (χ2n) is 2.26. The molecule has 1 atom stereocenters. The smallest absolute Gasteiger partial charge is 0.122 e. The number of hydrogen-bond donors (Lipinski definition) is 0. The highest BCUT2D eigenvalue weighted by Gasteiger charge is 1.95. The van der Waals surface area contributed by atoms with Crippen molar-refractivity contribution in [2.45, 2.75) is 33.1 Å². The van der Waals surface area contributed by atoms with Crippen molar-refractivity contribution in [3.05, 3.63) is 0 Å². The third-order valence-corrected chi connectivity index (χ3v) is 1.25. The fraction of sp³-hybridized carbons (Fsp3) is 0.857. The highest BCUT2D eigenvalue weighted by Crippen LogP contribution is 2.02. The molecule has 0 rings (SSSR count). The predicted molar refractivity (Wildman–Crippen MR) is 34.8 cm³/mol. The van der Waals surface area contributed by atoms with E-state index in [1.807, 2.05) is 6.92 Å². The van der Waals surface area contributed by atoms with E-state index in [0.717, 1.165) is 12.7 Å². The maximum absolute atomic E-state index is 10.0. The first-order chi connectivity index (χ1) is 3.81. The normalized spacial score (nSPS) is 13.2. The number of aldehydes is 1. The zero-order valence-corrected chi connectivity index (χ0v) is 5.68. The number of rotatable bonds is 4. The predicted octanol–water partition coefficient (Wildman–Crippen LogP) is 2.01. The van der Waals surface area contributed by atoms with E-state index in [0.29, 0.717) is 0 Å². The molecule has 0 heterocycles. The van der Waals surface area contributed by atoms with Crippen LogP contribution in [0, 0.1) is 5.92 Å². The first-order valence-electron chi connectivity index (χ1n) is 3.26. The maximum atomic E-state index is 10.0. The van der Waals surface area contributed by atoms with Gasteiger partial charge in [0.1, 0.15) is 6.29 Å². The van der Waals surface area contributed by atoms with Gasteiger partial charge in [-0.25, -0.2) is 0 Å². The fourth-order valence-corrected chi connectivity index (χ4v) is 0.594. The molecule has 0 aromatic heterocycles. The molecule has 1 nitrogen and oxygen atoms in total. The zero-order valence-electron chi connectivity index (χ0n) is 5.68. The molecule has 0 aromatic carbocycles. The van der Waals surface area contributed by atoms with Crippen LogP contribution in [0.1, 0.15) is 33.1 Å². The van der Waals surface area contributed by atoms with Crippen molar-refractivity contribution in [3.63, 3.8) is 0 Å². The van der Waals surface area contributed by atoms with Crippen LogP contribution in [0.5, 0.6) is 0 Å². The summed E-state index contributed by atoms with van der Waals surface area (Å²) in [5.41, 5.74) is 0. The van der Waals surface area contributed by atoms with Gasteiger partial charge in [-0.1, -0.05) is 26.7 Å². The van der Waals surface area contributed by atoms with Gasteiger partial charge in [-0.15, -0.1) is 0 Å². The van der Waals surface area contributed by atoms with Crippen molar-refractivity contribution in [2.24, 2.45) is 5.92 Å². The fourth-order valence-electron chi connectivity index (χ4n) is 0.594. The van der Waals surface area contributed by atoms with E-state index in [1.165, 1.54) is 12.8 Å². The Morgan fingerprint density at radius 2 is 2.25 bits per heavy atom. The van der Waals surface area contributed by atoms with Crippen LogP contribution in [0.25, 0.3) is 0 Å². The molecule has 8 heavy (non-hydrogen) atoms. The lowest BCUT2D eigenvalue weighted by Gasteiger charge is -1.97. The minimum absolute atomic E-state index is 0.273. The van der Waals surface area contributed by atoms with Crippen LogP contribution in [0.4, 0.5) is 0 Å². The SMILES string of the molecule is CCCC[C@H](C)C=O. The Hall–Kier alpha value is -0.330. The van der Waals surface area contributed by atoms with Crippen LogP contribution >= 0.6 is 0 Å². The molecule has 0 saturated carbocycles. The summed E-state index contributed by atoms with van der Waals surface area (Å²) < 4.78 is 0. The summed E-state index contributed by atoms with van der Waals surface area (Å²) in [5.74, 6) is 0.273. The quantitative estimate of drug-likeness (QED) is 0.511. The largest absolute Gasteiger partial charge is 0.303 e. The third kappa shape index (κ3) is 3.85. The molecule has 0 aliphatic carbocycles. The number of unbranched alkanes of at least 4 members (excludes halogenated alkanes) is 1. The van der Waals surface area contributed by atoms with Gasteiger partial charge in [0.2, 0.25) is 0 Å².